The lowest BCUT2D eigenvalue weighted by molar-refractivity contribution is -0.0605. The van der Waals surface area contributed by atoms with Gasteiger partial charge in [0.05, 0.1) is 11.4 Å². The number of benzene rings is 1. The monoisotopic (exact) mass is 392 g/mol. The normalized spacial score (nSPS) is 14.8. The number of amides is 1. The van der Waals surface area contributed by atoms with E-state index in [2.05, 4.69) is 15.5 Å². The van der Waals surface area contributed by atoms with E-state index >= 15 is 0 Å². The van der Waals surface area contributed by atoms with E-state index in [1.807, 2.05) is 0 Å². The van der Waals surface area contributed by atoms with E-state index in [1.54, 1.807) is 38.1 Å². The second-order valence-electron chi connectivity index (χ2n) is 6.73. The third kappa shape index (κ3) is 4.65. The second kappa shape index (κ2) is 7.57. The minimum absolute atomic E-state index is 0.00150. The van der Waals surface area contributed by atoms with Gasteiger partial charge in [-0.05, 0) is 56.9 Å². The summed E-state index contributed by atoms with van der Waals surface area (Å²) in [5, 5.41) is 13.7. The average Bonchev–Trinajstić information content (AvgIpc) is 3.40. The maximum Gasteiger partial charge on any atom is 0.429 e. The van der Waals surface area contributed by atoms with Crippen LogP contribution in [0.15, 0.2) is 33.8 Å². The van der Waals surface area contributed by atoms with Crippen molar-refractivity contribution in [3.63, 3.8) is 0 Å². The van der Waals surface area contributed by atoms with Crippen molar-refractivity contribution in [1.82, 2.24) is 5.16 Å². The minimum atomic E-state index is -4.64. The lowest BCUT2D eigenvalue weighted by Crippen LogP contribution is -2.25. The molecule has 1 aromatic carbocycles. The first-order valence-corrected chi connectivity index (χ1v) is 8.71. The largest absolute Gasteiger partial charge is 0.429 e. The van der Waals surface area contributed by atoms with Crippen LogP contribution in [0.4, 0.5) is 24.5 Å². The number of anilines is 1. The van der Waals surface area contributed by atoms with Crippen LogP contribution in [0.25, 0.3) is 0 Å². The van der Waals surface area contributed by atoms with Crippen molar-refractivity contribution in [2.75, 3.05) is 5.32 Å². The van der Waals surface area contributed by atoms with Crippen molar-refractivity contribution in [3.05, 3.63) is 41.3 Å². The molecule has 1 aromatic heterocycles. The number of aliphatic imine (C=N–C) groups is 1. The number of carbonyl (C=O) groups excluding carboxylic acids is 1. The minimum Gasteiger partial charge on any atom is -0.361 e. The van der Waals surface area contributed by atoms with Gasteiger partial charge in [-0.25, -0.2) is 0 Å². The van der Waals surface area contributed by atoms with Crippen molar-refractivity contribution < 1.29 is 22.5 Å². The fourth-order valence-corrected chi connectivity index (χ4v) is 2.76. The molecule has 1 heterocycles. The van der Waals surface area contributed by atoms with Crippen LogP contribution in [0, 0.1) is 25.2 Å². The van der Waals surface area contributed by atoms with Crippen molar-refractivity contribution in [3.8, 4) is 0 Å². The van der Waals surface area contributed by atoms with Gasteiger partial charge in [-0.1, -0.05) is 5.16 Å². The molecule has 0 unspecified atom stereocenters. The highest BCUT2D eigenvalue weighted by molar-refractivity contribution is 6.08. The highest BCUT2D eigenvalue weighted by Gasteiger charge is 2.37. The van der Waals surface area contributed by atoms with Gasteiger partial charge in [0.15, 0.2) is 0 Å². The molecule has 0 bridgehead atoms. The summed E-state index contributed by atoms with van der Waals surface area (Å²) in [6, 6.07) is 6.47. The van der Waals surface area contributed by atoms with Crippen LogP contribution < -0.4 is 5.32 Å². The molecule has 1 saturated carbocycles. The van der Waals surface area contributed by atoms with E-state index in [-0.39, 0.29) is 11.8 Å². The number of carbonyl (C=O) groups is 1. The highest BCUT2D eigenvalue weighted by atomic mass is 19.4. The van der Waals surface area contributed by atoms with Crippen LogP contribution in [0.5, 0.6) is 0 Å². The van der Waals surface area contributed by atoms with Crippen LogP contribution in [0.3, 0.4) is 0 Å². The number of hydrogen-bond acceptors (Lipinski definition) is 5. The maximum absolute atomic E-state index is 12.6. The first-order valence-electron chi connectivity index (χ1n) is 8.71. The number of rotatable bonds is 6. The van der Waals surface area contributed by atoms with Gasteiger partial charge in [0.25, 0.3) is 5.91 Å². The summed E-state index contributed by atoms with van der Waals surface area (Å²) in [6.45, 7) is 3.31. The van der Waals surface area contributed by atoms with Crippen molar-refractivity contribution in [1.29, 1.82) is 5.41 Å². The van der Waals surface area contributed by atoms with Crippen molar-refractivity contribution in [2.24, 2.45) is 10.9 Å². The number of nitrogens with zero attached hydrogens (tertiary/aromatic N) is 2. The lowest BCUT2D eigenvalue weighted by Gasteiger charge is -2.10. The second-order valence-corrected chi connectivity index (χ2v) is 6.73. The summed E-state index contributed by atoms with van der Waals surface area (Å²) >= 11 is 0. The Hall–Kier alpha value is -2.97. The van der Waals surface area contributed by atoms with E-state index in [9.17, 15) is 18.0 Å². The molecule has 2 N–H and O–H groups in total. The molecule has 6 nitrogen and oxygen atoms in total. The van der Waals surface area contributed by atoms with Gasteiger partial charge < -0.3 is 15.2 Å². The molecule has 0 saturated heterocycles. The number of alkyl halides is 3. The SMILES string of the molecule is Cc1noc(C)c1C(=O)Nc1ccc(N=C(CC(=N)C(F)(F)F)C2CC2)cc1. The molecule has 0 radical (unpaired) electrons. The topological polar surface area (TPSA) is 91.3 Å². The first-order chi connectivity index (χ1) is 13.1. The molecule has 28 heavy (non-hydrogen) atoms. The Morgan fingerprint density at radius 1 is 1.29 bits per heavy atom. The molecular weight excluding hydrogens is 373 g/mol. The van der Waals surface area contributed by atoms with Gasteiger partial charge in [0, 0.05) is 17.8 Å². The zero-order valence-corrected chi connectivity index (χ0v) is 15.4. The maximum atomic E-state index is 12.6. The number of hydrogen-bond donors (Lipinski definition) is 2. The molecule has 0 aliphatic heterocycles. The predicted octanol–water partition coefficient (Wildman–Crippen LogP) is 5.00. The van der Waals surface area contributed by atoms with E-state index in [1.165, 1.54) is 0 Å². The van der Waals surface area contributed by atoms with Gasteiger partial charge in [-0.2, -0.15) is 13.2 Å². The molecular formula is C19H19F3N4O2. The number of aromatic nitrogens is 1. The van der Waals surface area contributed by atoms with E-state index in [0.717, 1.165) is 12.8 Å². The van der Waals surface area contributed by atoms with Gasteiger partial charge in [0.1, 0.15) is 17.0 Å². The van der Waals surface area contributed by atoms with Crippen LogP contribution in [-0.2, 0) is 0 Å². The molecule has 3 rings (SSSR count). The molecule has 148 valence electrons. The first kappa shape index (κ1) is 19.8. The number of nitrogens with one attached hydrogen (secondary N) is 2. The molecule has 1 aliphatic rings. The summed E-state index contributed by atoms with van der Waals surface area (Å²) in [7, 11) is 0. The summed E-state index contributed by atoms with van der Waals surface area (Å²) in [5.41, 5.74) is 0.921. The fraction of sp³-hybridized carbons (Fsp3) is 0.368. The molecule has 2 aromatic rings. The Labute approximate surface area is 159 Å². The fourth-order valence-electron chi connectivity index (χ4n) is 2.76. The van der Waals surface area contributed by atoms with Gasteiger partial charge in [-0.3, -0.25) is 9.79 Å². The van der Waals surface area contributed by atoms with Crippen molar-refractivity contribution >= 4 is 28.7 Å². The number of aryl methyl sites for hydroxylation is 2. The van der Waals surface area contributed by atoms with Gasteiger partial charge >= 0.3 is 6.18 Å². The summed E-state index contributed by atoms with van der Waals surface area (Å²) in [4.78, 5) is 16.6. The molecule has 9 heteroatoms. The third-order valence-corrected chi connectivity index (χ3v) is 4.41. The Bertz CT molecular complexity index is 906. The smallest absolute Gasteiger partial charge is 0.361 e. The van der Waals surface area contributed by atoms with E-state index in [0.29, 0.717) is 34.1 Å². The zero-order chi connectivity index (χ0) is 20.5. The third-order valence-electron chi connectivity index (χ3n) is 4.41. The van der Waals surface area contributed by atoms with Crippen LogP contribution in [0.1, 0.15) is 41.1 Å². The average molecular weight is 392 g/mol. The Morgan fingerprint density at radius 3 is 2.43 bits per heavy atom. The Morgan fingerprint density at radius 2 is 1.93 bits per heavy atom. The Kier molecular flexibility index (Phi) is 5.35. The molecule has 1 aliphatic carbocycles. The molecule has 0 atom stereocenters. The summed E-state index contributed by atoms with van der Waals surface area (Å²) < 4.78 is 42.9. The lowest BCUT2D eigenvalue weighted by atomic mass is 10.1. The van der Waals surface area contributed by atoms with Gasteiger partial charge in [-0.15, -0.1) is 0 Å². The van der Waals surface area contributed by atoms with E-state index < -0.39 is 18.3 Å². The van der Waals surface area contributed by atoms with Crippen LogP contribution >= 0.6 is 0 Å². The molecule has 1 fully saturated rings. The number of halogens is 3. The summed E-state index contributed by atoms with van der Waals surface area (Å²) in [6.07, 6.45) is -3.56. The van der Waals surface area contributed by atoms with E-state index in [4.69, 9.17) is 9.93 Å². The van der Waals surface area contributed by atoms with Crippen LogP contribution in [-0.4, -0.2) is 28.7 Å². The highest BCUT2D eigenvalue weighted by Crippen LogP contribution is 2.35. The Balaban J connectivity index is 1.71. The van der Waals surface area contributed by atoms with Gasteiger partial charge in [0.2, 0.25) is 0 Å². The molecule has 1 amide bonds. The quantitative estimate of drug-likeness (QED) is 0.678. The van der Waals surface area contributed by atoms with Crippen LogP contribution in [0.2, 0.25) is 0 Å². The summed E-state index contributed by atoms with van der Waals surface area (Å²) in [5.74, 6) is 0.0591. The predicted molar refractivity (Wildman–Crippen MR) is 98.6 cm³/mol. The molecule has 0 spiro atoms. The zero-order valence-electron chi connectivity index (χ0n) is 15.4. The van der Waals surface area contributed by atoms with Crippen molar-refractivity contribution in [2.45, 2.75) is 39.3 Å². The standard InChI is InChI=1S/C19H19F3N4O2/c1-10-17(11(2)28-26-10)18(27)25-14-7-5-13(6-8-14)24-15(12-3-4-12)9-16(23)19(20,21)22/h5-8,12,23H,3-4,9H2,1-2H3,(H,25,27).